The van der Waals surface area contributed by atoms with Crippen LogP contribution in [0.1, 0.15) is 15.2 Å². The zero-order valence-corrected chi connectivity index (χ0v) is 19.3. The standard InChI is InChI=1S/C25H25N5O3S/c31-24(28-18-7-8-23(27-16-18)30-9-11-33-12-10-30)21(29-25(32)22-6-3-13-34-22)14-17-15-26-20-5-2-1-4-19(17)20/h1-8,13,15-16,21,26H,9-12,14H2,(H,28,31)(H,29,32). The molecule has 0 spiro atoms. The van der Waals surface area contributed by atoms with Gasteiger partial charge in [0.25, 0.3) is 5.91 Å². The molecule has 2 amide bonds. The predicted octanol–water partition coefficient (Wildman–Crippen LogP) is 3.44. The number of H-pyrrole nitrogens is 1. The highest BCUT2D eigenvalue weighted by Gasteiger charge is 2.24. The number of hydrogen-bond donors (Lipinski definition) is 3. The minimum absolute atomic E-state index is 0.268. The highest BCUT2D eigenvalue weighted by molar-refractivity contribution is 7.12. The number of nitrogens with zero attached hydrogens (tertiary/aromatic N) is 2. The molecule has 1 fully saturated rings. The summed E-state index contributed by atoms with van der Waals surface area (Å²) in [7, 11) is 0. The van der Waals surface area contributed by atoms with Gasteiger partial charge in [-0.2, -0.15) is 0 Å². The Balaban J connectivity index is 1.33. The number of ether oxygens (including phenoxy) is 1. The predicted molar refractivity (Wildman–Crippen MR) is 133 cm³/mol. The molecule has 0 saturated carbocycles. The first-order valence-electron chi connectivity index (χ1n) is 11.2. The fourth-order valence-electron chi connectivity index (χ4n) is 4.04. The molecule has 3 N–H and O–H groups in total. The molecule has 8 nitrogen and oxygen atoms in total. The van der Waals surface area contributed by atoms with Gasteiger partial charge < -0.3 is 25.3 Å². The van der Waals surface area contributed by atoms with E-state index in [2.05, 4.69) is 25.5 Å². The van der Waals surface area contributed by atoms with E-state index in [1.165, 1.54) is 11.3 Å². The van der Waals surface area contributed by atoms with E-state index in [-0.39, 0.29) is 11.8 Å². The van der Waals surface area contributed by atoms with Gasteiger partial charge in [0.1, 0.15) is 11.9 Å². The zero-order valence-electron chi connectivity index (χ0n) is 18.5. The molecule has 4 aromatic rings. The Kier molecular flexibility index (Phi) is 6.55. The minimum atomic E-state index is -0.757. The number of thiophene rings is 1. The van der Waals surface area contributed by atoms with Gasteiger partial charge in [-0.3, -0.25) is 9.59 Å². The quantitative estimate of drug-likeness (QED) is 0.380. The number of aromatic nitrogens is 2. The first-order valence-corrected chi connectivity index (χ1v) is 12.0. The Hall–Kier alpha value is -3.69. The number of anilines is 2. The van der Waals surface area contributed by atoms with E-state index < -0.39 is 6.04 Å². The highest BCUT2D eigenvalue weighted by atomic mass is 32.1. The molecule has 9 heteroatoms. The van der Waals surface area contributed by atoms with Crippen molar-refractivity contribution < 1.29 is 14.3 Å². The molecule has 1 atom stereocenters. The molecule has 0 aliphatic carbocycles. The summed E-state index contributed by atoms with van der Waals surface area (Å²) in [5.41, 5.74) is 2.53. The fraction of sp³-hybridized carbons (Fsp3) is 0.240. The molecule has 3 aromatic heterocycles. The van der Waals surface area contributed by atoms with E-state index in [9.17, 15) is 9.59 Å². The summed E-state index contributed by atoms with van der Waals surface area (Å²) in [5.74, 6) is 0.287. The van der Waals surface area contributed by atoms with E-state index in [1.54, 1.807) is 12.3 Å². The lowest BCUT2D eigenvalue weighted by atomic mass is 10.0. The Labute approximate surface area is 201 Å². The Bertz CT molecular complexity index is 1260. The van der Waals surface area contributed by atoms with Gasteiger partial charge in [0, 0.05) is 36.6 Å². The summed E-state index contributed by atoms with van der Waals surface area (Å²) in [6.07, 6.45) is 3.89. The molecule has 34 heavy (non-hydrogen) atoms. The maximum absolute atomic E-state index is 13.3. The van der Waals surface area contributed by atoms with E-state index in [1.807, 2.05) is 54.0 Å². The molecule has 174 valence electrons. The van der Waals surface area contributed by atoms with E-state index in [0.717, 1.165) is 35.4 Å². The normalized spacial score (nSPS) is 14.6. The van der Waals surface area contributed by atoms with Crippen LogP contribution in [0.4, 0.5) is 11.5 Å². The van der Waals surface area contributed by atoms with Crippen LogP contribution >= 0.6 is 11.3 Å². The average molecular weight is 476 g/mol. The number of para-hydroxylation sites is 1. The van der Waals surface area contributed by atoms with Crippen molar-refractivity contribution in [3.63, 3.8) is 0 Å². The van der Waals surface area contributed by atoms with Gasteiger partial charge in [-0.25, -0.2) is 4.98 Å². The van der Waals surface area contributed by atoms with Crippen molar-refractivity contribution >= 4 is 45.6 Å². The van der Waals surface area contributed by atoms with Gasteiger partial charge in [-0.15, -0.1) is 11.3 Å². The second-order valence-electron chi connectivity index (χ2n) is 8.06. The third kappa shape index (κ3) is 4.95. The van der Waals surface area contributed by atoms with Crippen LogP contribution in [0.25, 0.3) is 10.9 Å². The smallest absolute Gasteiger partial charge is 0.262 e. The van der Waals surface area contributed by atoms with Crippen LogP contribution in [0.15, 0.2) is 66.3 Å². The topological polar surface area (TPSA) is 99.3 Å². The number of amides is 2. The summed E-state index contributed by atoms with van der Waals surface area (Å²) in [6.45, 7) is 2.94. The molecule has 1 unspecified atom stereocenters. The fourth-order valence-corrected chi connectivity index (χ4v) is 4.66. The van der Waals surface area contributed by atoms with Gasteiger partial charge in [0.2, 0.25) is 5.91 Å². The second-order valence-corrected chi connectivity index (χ2v) is 9.01. The van der Waals surface area contributed by atoms with Crippen LogP contribution in [-0.4, -0.2) is 54.1 Å². The number of hydrogen-bond acceptors (Lipinski definition) is 6. The summed E-state index contributed by atoms with van der Waals surface area (Å²) in [6, 6.07) is 14.4. The van der Waals surface area contributed by atoms with E-state index >= 15 is 0 Å². The van der Waals surface area contributed by atoms with Crippen molar-refractivity contribution in [1.29, 1.82) is 0 Å². The van der Waals surface area contributed by atoms with E-state index in [0.29, 0.717) is 30.2 Å². The third-order valence-electron chi connectivity index (χ3n) is 5.82. The molecule has 0 bridgehead atoms. The molecule has 4 heterocycles. The van der Waals surface area contributed by atoms with Crippen LogP contribution in [0.3, 0.4) is 0 Å². The Morgan fingerprint density at radius 2 is 1.97 bits per heavy atom. The molecule has 1 saturated heterocycles. The number of aromatic amines is 1. The monoisotopic (exact) mass is 475 g/mol. The van der Waals surface area contributed by atoms with Crippen LogP contribution in [0, 0.1) is 0 Å². The largest absolute Gasteiger partial charge is 0.378 e. The summed E-state index contributed by atoms with van der Waals surface area (Å²) in [4.78, 5) is 36.5. The first-order chi connectivity index (χ1) is 16.7. The number of benzene rings is 1. The number of pyridine rings is 1. The highest BCUT2D eigenvalue weighted by Crippen LogP contribution is 2.21. The lowest BCUT2D eigenvalue weighted by Crippen LogP contribution is -2.45. The lowest BCUT2D eigenvalue weighted by molar-refractivity contribution is -0.118. The molecule has 1 aliphatic rings. The molecule has 0 radical (unpaired) electrons. The minimum Gasteiger partial charge on any atom is -0.378 e. The van der Waals surface area contributed by atoms with Gasteiger partial charge >= 0.3 is 0 Å². The maximum atomic E-state index is 13.3. The van der Waals surface area contributed by atoms with E-state index in [4.69, 9.17) is 4.74 Å². The van der Waals surface area contributed by atoms with Gasteiger partial charge in [-0.1, -0.05) is 24.3 Å². The van der Waals surface area contributed by atoms with Crippen molar-refractivity contribution in [2.24, 2.45) is 0 Å². The maximum Gasteiger partial charge on any atom is 0.262 e. The summed E-state index contributed by atoms with van der Waals surface area (Å²) < 4.78 is 5.39. The lowest BCUT2D eigenvalue weighted by Gasteiger charge is -2.27. The van der Waals surface area contributed by atoms with Crippen LogP contribution in [-0.2, 0) is 16.0 Å². The second kappa shape index (κ2) is 10.1. The van der Waals surface area contributed by atoms with Crippen molar-refractivity contribution in [2.75, 3.05) is 36.5 Å². The summed E-state index contributed by atoms with van der Waals surface area (Å²) in [5, 5.41) is 8.69. The number of carbonyl (C=O) groups excluding carboxylic acids is 2. The van der Waals surface area contributed by atoms with Crippen LogP contribution in [0.2, 0.25) is 0 Å². The molecule has 5 rings (SSSR count). The number of rotatable bonds is 7. The Morgan fingerprint density at radius 1 is 1.12 bits per heavy atom. The van der Waals surface area contributed by atoms with Crippen molar-refractivity contribution in [3.8, 4) is 0 Å². The van der Waals surface area contributed by atoms with Crippen molar-refractivity contribution in [1.82, 2.24) is 15.3 Å². The number of fused-ring (bicyclic) bond motifs is 1. The number of nitrogens with one attached hydrogen (secondary N) is 3. The molecular weight excluding hydrogens is 450 g/mol. The molecular formula is C25H25N5O3S. The SMILES string of the molecule is O=C(NC(Cc1c[nH]c2ccccc12)C(=O)Nc1ccc(N2CCOCC2)nc1)c1cccs1. The first kappa shape index (κ1) is 22.1. The van der Waals surface area contributed by atoms with Crippen molar-refractivity contribution in [3.05, 3.63) is 76.7 Å². The van der Waals surface area contributed by atoms with Gasteiger partial charge in [-0.05, 0) is 35.2 Å². The van der Waals surface area contributed by atoms with Gasteiger partial charge in [0.15, 0.2) is 0 Å². The average Bonchev–Trinajstić information content (AvgIpc) is 3.55. The molecule has 1 aliphatic heterocycles. The number of morpholine rings is 1. The zero-order chi connectivity index (χ0) is 23.3. The third-order valence-corrected chi connectivity index (χ3v) is 6.68. The van der Waals surface area contributed by atoms with Crippen molar-refractivity contribution in [2.45, 2.75) is 12.5 Å². The van der Waals surface area contributed by atoms with Crippen LogP contribution in [0.5, 0.6) is 0 Å². The molecule has 1 aromatic carbocycles. The van der Waals surface area contributed by atoms with Crippen LogP contribution < -0.4 is 15.5 Å². The number of carbonyl (C=O) groups is 2. The summed E-state index contributed by atoms with van der Waals surface area (Å²) >= 11 is 1.34. The Morgan fingerprint density at radius 3 is 2.74 bits per heavy atom. The van der Waals surface area contributed by atoms with Gasteiger partial charge in [0.05, 0.1) is 30.0 Å².